The van der Waals surface area contributed by atoms with Crippen LogP contribution in [0.1, 0.15) is 53.2 Å². The fourth-order valence-electron chi connectivity index (χ4n) is 6.73. The number of benzene rings is 1. The zero-order valence-electron chi connectivity index (χ0n) is 18.3. The van der Waals surface area contributed by atoms with E-state index in [1.807, 2.05) is 15.9 Å². The third kappa shape index (κ3) is 3.08. The Bertz CT molecular complexity index is 1100. The Balaban J connectivity index is 1.13. The molecule has 6 rings (SSSR count). The summed E-state index contributed by atoms with van der Waals surface area (Å²) in [6, 6.07) is 6.29. The van der Waals surface area contributed by atoms with Crippen LogP contribution < -0.4 is 5.73 Å². The third-order valence-electron chi connectivity index (χ3n) is 8.34. The normalized spacial score (nSPS) is 34.8. The minimum atomic E-state index is -0.939. The molecule has 1 aromatic rings. The van der Waals surface area contributed by atoms with Crippen molar-refractivity contribution < 1.29 is 19.5 Å². The molecule has 4 unspecified atom stereocenters. The maximum atomic E-state index is 13.3. The summed E-state index contributed by atoms with van der Waals surface area (Å²) >= 11 is 0. The van der Waals surface area contributed by atoms with Gasteiger partial charge in [-0.05, 0) is 61.3 Å². The number of aromatic carboxylic acids is 1. The highest BCUT2D eigenvalue weighted by molar-refractivity contribution is 5.89. The summed E-state index contributed by atoms with van der Waals surface area (Å²) in [5.41, 5.74) is 8.64. The van der Waals surface area contributed by atoms with E-state index in [1.54, 1.807) is 17.0 Å². The number of carboxylic acid groups (broad SMARTS) is 1. The lowest BCUT2D eigenvalue weighted by Gasteiger charge is -2.38. The number of rotatable bonds is 5. The van der Waals surface area contributed by atoms with Gasteiger partial charge < -0.3 is 20.6 Å². The van der Waals surface area contributed by atoms with Gasteiger partial charge in [0.1, 0.15) is 6.04 Å². The minimum Gasteiger partial charge on any atom is -0.478 e. The van der Waals surface area contributed by atoms with E-state index < -0.39 is 12.0 Å². The number of carbonyl (C=O) groups excluding carboxylic acids is 2. The number of carboxylic acids is 1. The number of amides is 2. The summed E-state index contributed by atoms with van der Waals surface area (Å²) in [4.78, 5) is 43.3. The van der Waals surface area contributed by atoms with Gasteiger partial charge in [0.05, 0.1) is 29.8 Å². The molecule has 1 saturated carbocycles. The molecule has 3 saturated heterocycles. The van der Waals surface area contributed by atoms with E-state index >= 15 is 0 Å². The zero-order chi connectivity index (χ0) is 23.0. The highest BCUT2D eigenvalue weighted by atomic mass is 16.4. The first-order valence-electron chi connectivity index (χ1n) is 11.8. The SMILES string of the molecule is N#CC1C[C@@H]2C[C@@H]2N1C(=O)C(N)CN1CC2C[C@H]1C(=O)N2C1CCc2cc(C(=O)O)ccc21. The van der Waals surface area contributed by atoms with E-state index in [4.69, 9.17) is 5.73 Å². The fourth-order valence-corrected chi connectivity index (χ4v) is 6.73. The van der Waals surface area contributed by atoms with Crippen molar-refractivity contribution in [2.75, 3.05) is 13.1 Å². The molecule has 2 amide bonds. The van der Waals surface area contributed by atoms with Gasteiger partial charge in [-0.1, -0.05) is 6.07 Å². The van der Waals surface area contributed by atoms with Crippen molar-refractivity contribution in [3.05, 3.63) is 34.9 Å². The van der Waals surface area contributed by atoms with Crippen LogP contribution in [0.25, 0.3) is 0 Å². The molecule has 3 N–H and O–H groups in total. The number of nitriles is 1. The Morgan fingerprint density at radius 3 is 2.79 bits per heavy atom. The Morgan fingerprint density at radius 2 is 2.06 bits per heavy atom. The second-order valence-corrected chi connectivity index (χ2v) is 10.2. The molecule has 3 heterocycles. The van der Waals surface area contributed by atoms with Crippen LogP contribution in [0, 0.1) is 17.2 Å². The molecular weight excluding hydrogens is 422 g/mol. The van der Waals surface area contributed by atoms with Crippen molar-refractivity contribution in [2.45, 2.75) is 68.4 Å². The first-order valence-corrected chi connectivity index (χ1v) is 11.8. The molecule has 172 valence electrons. The molecule has 5 aliphatic rings. The topological polar surface area (TPSA) is 131 Å². The van der Waals surface area contributed by atoms with Crippen LogP contribution in [-0.2, 0) is 16.0 Å². The number of nitrogens with two attached hydrogens (primary N) is 1. The summed E-state index contributed by atoms with van der Waals surface area (Å²) in [7, 11) is 0. The minimum absolute atomic E-state index is 0.0180. The van der Waals surface area contributed by atoms with E-state index in [-0.39, 0.29) is 47.6 Å². The van der Waals surface area contributed by atoms with Gasteiger partial charge in [-0.25, -0.2) is 4.79 Å². The standard InChI is InChI=1S/C24H27N5O4/c25-9-15-6-14-7-20(14)28(15)22(30)18(26)11-27-10-16-8-21(27)23(31)29(16)19-4-2-12-5-13(24(32)33)1-3-17(12)19/h1,3,5,14-16,18-21H,2,4,6-8,10-11,26H2,(H,32,33)/t14-,15?,16?,18?,19?,20+,21+/m1/s1. The van der Waals surface area contributed by atoms with Crippen LogP contribution in [0.5, 0.6) is 0 Å². The van der Waals surface area contributed by atoms with Crippen LogP contribution in [0.4, 0.5) is 0 Å². The van der Waals surface area contributed by atoms with Crippen LogP contribution in [0.3, 0.4) is 0 Å². The van der Waals surface area contributed by atoms with Gasteiger partial charge in [-0.15, -0.1) is 0 Å². The first kappa shape index (κ1) is 20.6. The summed E-state index contributed by atoms with van der Waals surface area (Å²) in [6.07, 6.45) is 4.02. The molecule has 9 nitrogen and oxygen atoms in total. The van der Waals surface area contributed by atoms with Gasteiger partial charge in [0.2, 0.25) is 11.8 Å². The summed E-state index contributed by atoms with van der Waals surface area (Å²) < 4.78 is 0. The maximum absolute atomic E-state index is 13.3. The Morgan fingerprint density at radius 1 is 1.24 bits per heavy atom. The average molecular weight is 450 g/mol. The van der Waals surface area contributed by atoms with Crippen LogP contribution in [-0.4, -0.2) is 80.9 Å². The van der Waals surface area contributed by atoms with Gasteiger partial charge in [0.15, 0.2) is 0 Å². The molecule has 0 spiro atoms. The fraction of sp³-hybridized carbons (Fsp3) is 0.583. The summed E-state index contributed by atoms with van der Waals surface area (Å²) in [5.74, 6) is -0.585. The predicted octanol–water partition coefficient (Wildman–Crippen LogP) is 0.497. The molecule has 0 aromatic heterocycles. The van der Waals surface area contributed by atoms with Crippen molar-refractivity contribution >= 4 is 17.8 Å². The molecule has 9 heteroatoms. The molecule has 1 aromatic carbocycles. The van der Waals surface area contributed by atoms with Gasteiger partial charge >= 0.3 is 5.97 Å². The molecule has 33 heavy (non-hydrogen) atoms. The van der Waals surface area contributed by atoms with Crippen LogP contribution >= 0.6 is 0 Å². The third-order valence-corrected chi connectivity index (χ3v) is 8.34. The van der Waals surface area contributed by atoms with Gasteiger partial charge in [0, 0.05) is 25.2 Å². The van der Waals surface area contributed by atoms with Crippen molar-refractivity contribution in [1.29, 1.82) is 5.26 Å². The lowest BCUT2D eigenvalue weighted by atomic mass is 10.0. The number of nitrogens with zero attached hydrogens (tertiary/aromatic N) is 4. The number of fused-ring (bicyclic) bond motifs is 4. The predicted molar refractivity (Wildman–Crippen MR) is 116 cm³/mol. The quantitative estimate of drug-likeness (QED) is 0.669. The number of carbonyl (C=O) groups is 3. The number of aryl methyl sites for hydroxylation is 1. The van der Waals surface area contributed by atoms with Crippen LogP contribution in [0.2, 0.25) is 0 Å². The molecule has 4 fully saturated rings. The smallest absolute Gasteiger partial charge is 0.335 e. The van der Waals surface area contributed by atoms with E-state index in [2.05, 4.69) is 6.07 Å². The highest BCUT2D eigenvalue weighted by Crippen LogP contribution is 2.48. The monoisotopic (exact) mass is 449 g/mol. The Labute approximate surface area is 191 Å². The number of hydrogen-bond donors (Lipinski definition) is 2. The van der Waals surface area contributed by atoms with Crippen molar-refractivity contribution in [2.24, 2.45) is 11.7 Å². The number of hydrogen-bond acceptors (Lipinski definition) is 6. The molecule has 7 atom stereocenters. The second kappa shape index (κ2) is 7.27. The number of piperidine rings is 1. The van der Waals surface area contributed by atoms with E-state index in [9.17, 15) is 24.8 Å². The molecule has 0 radical (unpaired) electrons. The zero-order valence-corrected chi connectivity index (χ0v) is 18.3. The van der Waals surface area contributed by atoms with Crippen molar-refractivity contribution in [3.63, 3.8) is 0 Å². The lowest BCUT2D eigenvalue weighted by Crippen LogP contribution is -2.57. The van der Waals surface area contributed by atoms with Gasteiger partial charge in [0.25, 0.3) is 0 Å². The molecule has 2 aliphatic carbocycles. The molecule has 3 aliphatic heterocycles. The molecule has 2 bridgehead atoms. The summed E-state index contributed by atoms with van der Waals surface area (Å²) in [6.45, 7) is 1.01. The number of likely N-dealkylation sites (tertiary alicyclic amines) is 3. The largest absolute Gasteiger partial charge is 0.478 e. The van der Waals surface area contributed by atoms with E-state index in [1.165, 1.54) is 0 Å². The van der Waals surface area contributed by atoms with E-state index in [0.29, 0.717) is 19.0 Å². The lowest BCUT2D eigenvalue weighted by molar-refractivity contribution is -0.141. The van der Waals surface area contributed by atoms with Crippen LogP contribution in [0.15, 0.2) is 18.2 Å². The number of piperazine rings is 1. The van der Waals surface area contributed by atoms with Crippen molar-refractivity contribution in [3.8, 4) is 6.07 Å². The maximum Gasteiger partial charge on any atom is 0.335 e. The highest BCUT2D eigenvalue weighted by Gasteiger charge is 2.56. The van der Waals surface area contributed by atoms with E-state index in [0.717, 1.165) is 43.2 Å². The summed E-state index contributed by atoms with van der Waals surface area (Å²) in [5, 5.41) is 18.6. The first-order chi connectivity index (χ1) is 15.9. The van der Waals surface area contributed by atoms with Gasteiger partial charge in [-0.2, -0.15) is 5.26 Å². The second-order valence-electron chi connectivity index (χ2n) is 10.2. The average Bonchev–Trinajstić information content (AvgIpc) is 3.15. The Hall–Kier alpha value is -2.96. The van der Waals surface area contributed by atoms with Crippen molar-refractivity contribution in [1.82, 2.24) is 14.7 Å². The Kier molecular flexibility index (Phi) is 4.55. The molecular formula is C24H27N5O4. The van der Waals surface area contributed by atoms with Gasteiger partial charge in [-0.3, -0.25) is 14.5 Å².